The Labute approximate surface area is 133 Å². The molecule has 0 saturated heterocycles. The topological polar surface area (TPSA) is 64.0 Å². The maximum Gasteiger partial charge on any atom is 0.261 e. The third kappa shape index (κ3) is 2.55. The first-order chi connectivity index (χ1) is 10.4. The van der Waals surface area contributed by atoms with E-state index in [0.29, 0.717) is 21.8 Å². The van der Waals surface area contributed by atoms with Crippen molar-refractivity contribution in [1.82, 2.24) is 9.55 Å². The van der Waals surface area contributed by atoms with Crippen LogP contribution in [-0.4, -0.2) is 18.0 Å². The third-order valence-corrected chi connectivity index (χ3v) is 5.29. The number of benzene rings is 2. The molecule has 1 heterocycles. The van der Waals surface area contributed by atoms with Gasteiger partial charge in [-0.3, -0.25) is 4.72 Å². The van der Waals surface area contributed by atoms with E-state index in [1.165, 1.54) is 0 Å². The Balaban J connectivity index is 2.02. The van der Waals surface area contributed by atoms with E-state index in [1.54, 1.807) is 49.6 Å². The van der Waals surface area contributed by atoms with Crippen LogP contribution in [0.15, 0.2) is 47.6 Å². The van der Waals surface area contributed by atoms with Gasteiger partial charge in [0.05, 0.1) is 27.9 Å². The highest BCUT2D eigenvalue weighted by Gasteiger charge is 2.17. The number of hydrogen-bond acceptors (Lipinski definition) is 3. The molecule has 0 spiro atoms. The first-order valence-corrected chi connectivity index (χ1v) is 8.43. The Kier molecular flexibility index (Phi) is 3.58. The SMILES string of the molecule is Cc1c(Cl)cccc1NS(=O)(=O)c1ccc2c(c1)ncn2C. The molecule has 1 N–H and O–H groups in total. The predicted molar refractivity (Wildman–Crippen MR) is 87.7 cm³/mol. The second kappa shape index (κ2) is 5.30. The standard InChI is InChI=1S/C15H14ClN3O2S/c1-10-12(16)4-3-5-13(10)18-22(20,21)11-6-7-15-14(8-11)17-9-19(15)2/h3-9,18H,1-2H3. The molecule has 0 radical (unpaired) electrons. The van der Waals surface area contributed by atoms with E-state index in [4.69, 9.17) is 11.6 Å². The van der Waals surface area contributed by atoms with E-state index in [0.717, 1.165) is 5.52 Å². The molecule has 0 saturated carbocycles. The molecule has 5 nitrogen and oxygen atoms in total. The smallest absolute Gasteiger partial charge is 0.261 e. The van der Waals surface area contributed by atoms with Crippen molar-refractivity contribution in [2.75, 3.05) is 4.72 Å². The Hall–Kier alpha value is -2.05. The molecule has 0 amide bonds. The molecule has 0 bridgehead atoms. The molecule has 22 heavy (non-hydrogen) atoms. The number of anilines is 1. The molecule has 0 aliphatic carbocycles. The summed E-state index contributed by atoms with van der Waals surface area (Å²) in [6.45, 7) is 1.77. The van der Waals surface area contributed by atoms with Crippen LogP contribution < -0.4 is 4.72 Å². The van der Waals surface area contributed by atoms with Crippen LogP contribution in [0.3, 0.4) is 0 Å². The predicted octanol–water partition coefficient (Wildman–Crippen LogP) is 3.34. The monoisotopic (exact) mass is 335 g/mol. The average molecular weight is 336 g/mol. The minimum Gasteiger partial charge on any atom is -0.334 e. The molecule has 7 heteroatoms. The van der Waals surface area contributed by atoms with Gasteiger partial charge in [0, 0.05) is 12.1 Å². The second-order valence-corrected chi connectivity index (χ2v) is 7.11. The van der Waals surface area contributed by atoms with Crippen LogP contribution in [0.5, 0.6) is 0 Å². The maximum atomic E-state index is 12.5. The Bertz CT molecular complexity index is 964. The molecule has 0 fully saturated rings. The first-order valence-electron chi connectivity index (χ1n) is 6.57. The lowest BCUT2D eigenvalue weighted by Gasteiger charge is -2.11. The fourth-order valence-electron chi connectivity index (χ4n) is 2.20. The summed E-state index contributed by atoms with van der Waals surface area (Å²) in [7, 11) is -1.83. The van der Waals surface area contributed by atoms with Crippen LogP contribution in [0.4, 0.5) is 5.69 Å². The summed E-state index contributed by atoms with van der Waals surface area (Å²) in [5, 5.41) is 0.514. The van der Waals surface area contributed by atoms with Gasteiger partial charge in [0.1, 0.15) is 0 Å². The number of imidazole rings is 1. The molecule has 0 unspecified atom stereocenters. The van der Waals surface area contributed by atoms with Crippen molar-refractivity contribution in [3.63, 3.8) is 0 Å². The van der Waals surface area contributed by atoms with Gasteiger partial charge in [-0.05, 0) is 42.8 Å². The normalized spacial score (nSPS) is 11.8. The summed E-state index contributed by atoms with van der Waals surface area (Å²) in [6.07, 6.45) is 1.65. The Morgan fingerprint density at radius 1 is 1.23 bits per heavy atom. The van der Waals surface area contributed by atoms with Crippen molar-refractivity contribution < 1.29 is 8.42 Å². The van der Waals surface area contributed by atoms with Gasteiger partial charge in [-0.2, -0.15) is 0 Å². The average Bonchev–Trinajstić information content (AvgIpc) is 2.85. The van der Waals surface area contributed by atoms with Crippen molar-refractivity contribution in [3.8, 4) is 0 Å². The number of nitrogens with one attached hydrogen (secondary N) is 1. The van der Waals surface area contributed by atoms with E-state index in [2.05, 4.69) is 9.71 Å². The van der Waals surface area contributed by atoms with E-state index in [-0.39, 0.29) is 4.90 Å². The lowest BCUT2D eigenvalue weighted by Crippen LogP contribution is -2.13. The first kappa shape index (κ1) is 14.9. The van der Waals surface area contributed by atoms with Crippen LogP contribution in [0.25, 0.3) is 11.0 Å². The lowest BCUT2D eigenvalue weighted by atomic mass is 10.2. The fraction of sp³-hybridized carbons (Fsp3) is 0.133. The number of nitrogens with zero attached hydrogens (tertiary/aromatic N) is 2. The zero-order valence-electron chi connectivity index (χ0n) is 12.0. The van der Waals surface area contributed by atoms with Crippen molar-refractivity contribution in [2.24, 2.45) is 7.05 Å². The molecule has 3 rings (SSSR count). The quantitative estimate of drug-likeness (QED) is 0.798. The summed E-state index contributed by atoms with van der Waals surface area (Å²) >= 11 is 6.02. The van der Waals surface area contributed by atoms with Gasteiger partial charge in [-0.1, -0.05) is 17.7 Å². The van der Waals surface area contributed by atoms with Gasteiger partial charge in [0.25, 0.3) is 10.0 Å². The number of aromatic nitrogens is 2. The number of rotatable bonds is 3. The highest BCUT2D eigenvalue weighted by Crippen LogP contribution is 2.26. The van der Waals surface area contributed by atoms with Gasteiger partial charge in [0.2, 0.25) is 0 Å². The van der Waals surface area contributed by atoms with Crippen molar-refractivity contribution in [2.45, 2.75) is 11.8 Å². The summed E-state index contributed by atoms with van der Waals surface area (Å²) in [5.41, 5.74) is 2.66. The molecule has 0 atom stereocenters. The van der Waals surface area contributed by atoms with Crippen molar-refractivity contribution >= 4 is 38.3 Å². The summed E-state index contributed by atoms with van der Waals surface area (Å²) in [5.74, 6) is 0. The second-order valence-electron chi connectivity index (χ2n) is 5.02. The van der Waals surface area contributed by atoms with Crippen LogP contribution >= 0.6 is 11.6 Å². The van der Waals surface area contributed by atoms with Gasteiger partial charge in [0.15, 0.2) is 0 Å². The van der Waals surface area contributed by atoms with E-state index >= 15 is 0 Å². The van der Waals surface area contributed by atoms with Crippen LogP contribution in [0.2, 0.25) is 5.02 Å². The largest absolute Gasteiger partial charge is 0.334 e. The molecule has 1 aromatic heterocycles. The lowest BCUT2D eigenvalue weighted by molar-refractivity contribution is 0.601. The highest BCUT2D eigenvalue weighted by molar-refractivity contribution is 7.92. The molecule has 0 aliphatic rings. The van der Waals surface area contributed by atoms with Gasteiger partial charge in [-0.15, -0.1) is 0 Å². The molecule has 2 aromatic carbocycles. The zero-order chi connectivity index (χ0) is 15.9. The van der Waals surface area contributed by atoms with Crippen LogP contribution in [0, 0.1) is 6.92 Å². The highest BCUT2D eigenvalue weighted by atomic mass is 35.5. The van der Waals surface area contributed by atoms with Crippen LogP contribution in [0.1, 0.15) is 5.56 Å². The summed E-state index contributed by atoms with van der Waals surface area (Å²) in [4.78, 5) is 4.35. The minimum atomic E-state index is -3.69. The van der Waals surface area contributed by atoms with Gasteiger partial charge >= 0.3 is 0 Å². The van der Waals surface area contributed by atoms with Gasteiger partial charge < -0.3 is 4.57 Å². The van der Waals surface area contributed by atoms with E-state index in [9.17, 15) is 8.42 Å². The molecule has 3 aromatic rings. The fourth-order valence-corrected chi connectivity index (χ4v) is 3.52. The number of hydrogen-bond donors (Lipinski definition) is 1. The third-order valence-electron chi connectivity index (χ3n) is 3.52. The number of halogens is 1. The number of fused-ring (bicyclic) bond motifs is 1. The van der Waals surface area contributed by atoms with E-state index in [1.807, 2.05) is 11.6 Å². The summed E-state index contributed by atoms with van der Waals surface area (Å²) < 4.78 is 29.5. The number of aryl methyl sites for hydroxylation is 1. The van der Waals surface area contributed by atoms with Crippen molar-refractivity contribution in [1.29, 1.82) is 0 Å². The molecular formula is C15H14ClN3O2S. The van der Waals surface area contributed by atoms with E-state index < -0.39 is 10.0 Å². The molecular weight excluding hydrogens is 322 g/mol. The number of sulfonamides is 1. The van der Waals surface area contributed by atoms with Crippen molar-refractivity contribution in [3.05, 3.63) is 53.3 Å². The minimum absolute atomic E-state index is 0.165. The molecule has 114 valence electrons. The van der Waals surface area contributed by atoms with Crippen LogP contribution in [-0.2, 0) is 17.1 Å². The Morgan fingerprint density at radius 2 is 2.00 bits per heavy atom. The van der Waals surface area contributed by atoms with Gasteiger partial charge in [-0.25, -0.2) is 13.4 Å². The maximum absolute atomic E-state index is 12.5. The Morgan fingerprint density at radius 3 is 2.77 bits per heavy atom. The zero-order valence-corrected chi connectivity index (χ0v) is 13.6. The summed E-state index contributed by atoms with van der Waals surface area (Å²) in [6, 6.07) is 9.95. The molecule has 0 aliphatic heterocycles.